The van der Waals surface area contributed by atoms with Gasteiger partial charge < -0.3 is 5.32 Å². The van der Waals surface area contributed by atoms with Gasteiger partial charge in [0.05, 0.1) is 0 Å². The number of sulfonamides is 1. The first-order valence-corrected chi connectivity index (χ1v) is 10.6. The standard InChI is InChI=1S/C14H22N2O2S3/c1-14(2)10-16(5-6-20-14)21(17,18)13-7-11(9-19-13)8-15-12-3-4-12/h7,9,12,15H,3-6,8,10H2,1-2H3. The fraction of sp³-hybridized carbons (Fsp3) is 0.714. The third kappa shape index (κ3) is 3.82. The molecule has 0 bridgehead atoms. The van der Waals surface area contributed by atoms with Crippen molar-refractivity contribution in [3.63, 3.8) is 0 Å². The maximum absolute atomic E-state index is 12.7. The minimum absolute atomic E-state index is 0.00105. The highest BCUT2D eigenvalue weighted by molar-refractivity contribution is 8.00. The molecular formula is C14H22N2O2S3. The summed E-state index contributed by atoms with van der Waals surface area (Å²) < 4.78 is 27.6. The molecule has 0 spiro atoms. The summed E-state index contributed by atoms with van der Waals surface area (Å²) in [6.45, 7) is 6.20. The van der Waals surface area contributed by atoms with Gasteiger partial charge in [0.2, 0.25) is 0 Å². The fourth-order valence-corrected chi connectivity index (χ4v) is 6.71. The van der Waals surface area contributed by atoms with Crippen LogP contribution in [0, 0.1) is 0 Å². The zero-order valence-corrected chi connectivity index (χ0v) is 14.9. The summed E-state index contributed by atoms with van der Waals surface area (Å²) in [6.07, 6.45) is 2.49. The van der Waals surface area contributed by atoms with Gasteiger partial charge in [-0.2, -0.15) is 16.1 Å². The second-order valence-electron chi connectivity index (χ2n) is 6.38. The molecule has 0 aromatic carbocycles. The topological polar surface area (TPSA) is 49.4 Å². The van der Waals surface area contributed by atoms with Crippen LogP contribution in [0.1, 0.15) is 32.3 Å². The number of rotatable bonds is 5. The van der Waals surface area contributed by atoms with Crippen molar-refractivity contribution in [3.8, 4) is 0 Å². The van der Waals surface area contributed by atoms with Crippen molar-refractivity contribution >= 4 is 33.1 Å². The van der Waals surface area contributed by atoms with Gasteiger partial charge in [-0.3, -0.25) is 0 Å². The molecule has 2 fully saturated rings. The van der Waals surface area contributed by atoms with Gasteiger partial charge in [0, 0.05) is 36.2 Å². The third-order valence-corrected chi connectivity index (χ3v) is 8.39. The fourth-order valence-electron chi connectivity index (χ4n) is 2.44. The van der Waals surface area contributed by atoms with E-state index in [4.69, 9.17) is 0 Å². The molecule has 0 atom stereocenters. The first-order chi connectivity index (χ1) is 9.87. The zero-order valence-electron chi connectivity index (χ0n) is 12.5. The molecule has 1 aliphatic carbocycles. The van der Waals surface area contributed by atoms with Crippen LogP contribution in [0.5, 0.6) is 0 Å². The molecule has 1 aliphatic heterocycles. The van der Waals surface area contributed by atoms with Crippen molar-refractivity contribution < 1.29 is 8.42 Å². The molecule has 1 aromatic rings. The van der Waals surface area contributed by atoms with Crippen molar-refractivity contribution in [3.05, 3.63) is 17.0 Å². The molecule has 0 radical (unpaired) electrons. The van der Waals surface area contributed by atoms with E-state index in [0.717, 1.165) is 17.9 Å². The van der Waals surface area contributed by atoms with Gasteiger partial charge >= 0.3 is 0 Å². The van der Waals surface area contributed by atoms with Crippen molar-refractivity contribution in [1.29, 1.82) is 0 Å². The van der Waals surface area contributed by atoms with Gasteiger partial charge in [-0.05, 0) is 43.7 Å². The summed E-state index contributed by atoms with van der Waals surface area (Å²) in [5, 5.41) is 5.39. The number of hydrogen-bond donors (Lipinski definition) is 1. The predicted octanol–water partition coefficient (Wildman–Crippen LogP) is 2.52. The Morgan fingerprint density at radius 3 is 2.86 bits per heavy atom. The van der Waals surface area contributed by atoms with Crippen LogP contribution in [0.2, 0.25) is 0 Å². The first-order valence-electron chi connectivity index (χ1n) is 7.32. The highest BCUT2D eigenvalue weighted by Crippen LogP contribution is 2.34. The zero-order chi connectivity index (χ0) is 15.1. The molecule has 2 heterocycles. The average molecular weight is 347 g/mol. The molecule has 1 aromatic heterocycles. The van der Waals surface area contributed by atoms with Gasteiger partial charge in [0.15, 0.2) is 0 Å². The molecule has 21 heavy (non-hydrogen) atoms. The quantitative estimate of drug-likeness (QED) is 0.890. The molecule has 3 rings (SSSR count). The monoisotopic (exact) mass is 346 g/mol. The van der Waals surface area contributed by atoms with E-state index in [1.54, 1.807) is 4.31 Å². The van der Waals surface area contributed by atoms with Crippen LogP contribution < -0.4 is 5.32 Å². The Kier molecular flexibility index (Phi) is 4.40. The van der Waals surface area contributed by atoms with E-state index >= 15 is 0 Å². The van der Waals surface area contributed by atoms with Crippen LogP contribution in [-0.4, -0.2) is 42.4 Å². The van der Waals surface area contributed by atoms with Crippen molar-refractivity contribution in [2.24, 2.45) is 0 Å². The maximum Gasteiger partial charge on any atom is 0.252 e. The van der Waals surface area contributed by atoms with Crippen LogP contribution in [0.25, 0.3) is 0 Å². The number of hydrogen-bond acceptors (Lipinski definition) is 5. The number of nitrogens with one attached hydrogen (secondary N) is 1. The Hall–Kier alpha value is -0.0800. The molecule has 1 saturated heterocycles. The van der Waals surface area contributed by atoms with Crippen LogP contribution in [0.4, 0.5) is 0 Å². The maximum atomic E-state index is 12.7. The van der Waals surface area contributed by atoms with E-state index < -0.39 is 10.0 Å². The molecule has 1 saturated carbocycles. The first kappa shape index (κ1) is 15.8. The molecule has 1 N–H and O–H groups in total. The lowest BCUT2D eigenvalue weighted by molar-refractivity contribution is 0.388. The number of thiophene rings is 1. The van der Waals surface area contributed by atoms with E-state index in [0.29, 0.717) is 23.3 Å². The molecule has 7 heteroatoms. The van der Waals surface area contributed by atoms with Gasteiger partial charge in [0.25, 0.3) is 10.0 Å². The molecule has 0 unspecified atom stereocenters. The summed E-state index contributed by atoms with van der Waals surface area (Å²) in [7, 11) is -3.32. The van der Waals surface area contributed by atoms with Gasteiger partial charge in [-0.25, -0.2) is 8.42 Å². The SMILES string of the molecule is CC1(C)CN(S(=O)(=O)c2cc(CNC3CC3)cs2)CCS1. The summed E-state index contributed by atoms with van der Waals surface area (Å²) in [5.74, 6) is 0.869. The van der Waals surface area contributed by atoms with Crippen LogP contribution >= 0.6 is 23.1 Å². The smallest absolute Gasteiger partial charge is 0.252 e. The van der Waals surface area contributed by atoms with Crippen molar-refractivity contribution in [1.82, 2.24) is 9.62 Å². The predicted molar refractivity (Wildman–Crippen MR) is 89.5 cm³/mol. The van der Waals surface area contributed by atoms with Gasteiger partial charge in [-0.1, -0.05) is 0 Å². The van der Waals surface area contributed by atoms with E-state index in [2.05, 4.69) is 19.2 Å². The van der Waals surface area contributed by atoms with Crippen LogP contribution in [0.15, 0.2) is 15.7 Å². The van der Waals surface area contributed by atoms with E-state index in [9.17, 15) is 8.42 Å². The normalized spacial score (nSPS) is 23.3. The third-order valence-electron chi connectivity index (χ3n) is 3.79. The second kappa shape index (κ2) is 5.85. The summed E-state index contributed by atoms with van der Waals surface area (Å²) in [6, 6.07) is 2.48. The summed E-state index contributed by atoms with van der Waals surface area (Å²) >= 11 is 3.19. The molecule has 2 aliphatic rings. The lowest BCUT2D eigenvalue weighted by atomic mass is 10.2. The average Bonchev–Trinajstić information content (AvgIpc) is 3.11. The van der Waals surface area contributed by atoms with E-state index in [1.165, 1.54) is 24.2 Å². The Morgan fingerprint density at radius 1 is 1.43 bits per heavy atom. The second-order valence-corrected chi connectivity index (χ2v) is 11.3. The van der Waals surface area contributed by atoms with Crippen LogP contribution in [0.3, 0.4) is 0 Å². The lowest BCUT2D eigenvalue weighted by Gasteiger charge is -2.36. The van der Waals surface area contributed by atoms with Gasteiger partial charge in [-0.15, -0.1) is 11.3 Å². The van der Waals surface area contributed by atoms with E-state index in [-0.39, 0.29) is 4.75 Å². The Morgan fingerprint density at radius 2 is 2.19 bits per heavy atom. The minimum atomic E-state index is -3.32. The highest BCUT2D eigenvalue weighted by atomic mass is 32.2. The Bertz CT molecular complexity index is 605. The highest BCUT2D eigenvalue weighted by Gasteiger charge is 2.35. The largest absolute Gasteiger partial charge is 0.310 e. The number of thioether (sulfide) groups is 1. The van der Waals surface area contributed by atoms with Crippen molar-refractivity contribution in [2.45, 2.75) is 48.2 Å². The lowest BCUT2D eigenvalue weighted by Crippen LogP contribution is -2.45. The molecule has 118 valence electrons. The Balaban J connectivity index is 1.71. The summed E-state index contributed by atoms with van der Waals surface area (Å²) in [4.78, 5) is 0. The molecule has 4 nitrogen and oxygen atoms in total. The summed E-state index contributed by atoms with van der Waals surface area (Å²) in [5.41, 5.74) is 1.08. The molecular weight excluding hydrogens is 324 g/mol. The van der Waals surface area contributed by atoms with Crippen molar-refractivity contribution in [2.75, 3.05) is 18.8 Å². The van der Waals surface area contributed by atoms with E-state index in [1.807, 2.05) is 23.2 Å². The minimum Gasteiger partial charge on any atom is -0.310 e. The molecule has 0 amide bonds. The van der Waals surface area contributed by atoms with Crippen LogP contribution in [-0.2, 0) is 16.6 Å². The van der Waals surface area contributed by atoms with Gasteiger partial charge in [0.1, 0.15) is 4.21 Å². The Labute approximate surface area is 135 Å². The number of nitrogens with zero attached hydrogens (tertiary/aromatic N) is 1.